The summed E-state index contributed by atoms with van der Waals surface area (Å²) in [5, 5.41) is 0. The molecule has 2 atom stereocenters. The van der Waals surface area contributed by atoms with Crippen LogP contribution >= 0.6 is 0 Å². The Hall–Kier alpha value is -0.860. The molecule has 0 aromatic carbocycles. The molecule has 0 aliphatic carbocycles. The number of hydrogen-bond donors (Lipinski definition) is 0. The van der Waals surface area contributed by atoms with E-state index >= 15 is 0 Å². The van der Waals surface area contributed by atoms with E-state index in [1.54, 1.807) is 6.92 Å². The van der Waals surface area contributed by atoms with Crippen LogP contribution in [-0.4, -0.2) is 18.9 Å². The van der Waals surface area contributed by atoms with E-state index in [4.69, 9.17) is 4.74 Å². The average molecular weight is 214 g/mol. The molecule has 15 heavy (non-hydrogen) atoms. The number of esters is 1. The molecule has 0 radical (unpaired) electrons. The fourth-order valence-electron chi connectivity index (χ4n) is 1.61. The molecule has 0 bridgehead atoms. The molecule has 0 heterocycles. The van der Waals surface area contributed by atoms with Crippen molar-refractivity contribution in [2.75, 3.05) is 6.61 Å². The van der Waals surface area contributed by atoms with Gasteiger partial charge in [-0.25, -0.2) is 0 Å². The number of aldehydes is 1. The first kappa shape index (κ1) is 14.1. The van der Waals surface area contributed by atoms with E-state index < -0.39 is 0 Å². The second-order valence-electron chi connectivity index (χ2n) is 3.91. The Morgan fingerprint density at radius 1 is 1.33 bits per heavy atom. The molecule has 0 fully saturated rings. The first-order valence-corrected chi connectivity index (χ1v) is 5.76. The van der Waals surface area contributed by atoms with Crippen LogP contribution < -0.4 is 0 Å². The van der Waals surface area contributed by atoms with Crippen LogP contribution in [0.4, 0.5) is 0 Å². The molecule has 88 valence electrons. The van der Waals surface area contributed by atoms with Gasteiger partial charge < -0.3 is 9.53 Å². The molecule has 1 unspecified atom stereocenters. The fraction of sp³-hybridized carbons (Fsp3) is 0.833. The Kier molecular flexibility index (Phi) is 7.96. The van der Waals surface area contributed by atoms with Gasteiger partial charge in [-0.3, -0.25) is 4.79 Å². The van der Waals surface area contributed by atoms with Crippen LogP contribution in [0.5, 0.6) is 0 Å². The average Bonchev–Trinajstić information content (AvgIpc) is 2.23. The summed E-state index contributed by atoms with van der Waals surface area (Å²) >= 11 is 0. The van der Waals surface area contributed by atoms with Gasteiger partial charge in [0.1, 0.15) is 6.29 Å². The quantitative estimate of drug-likeness (QED) is 0.460. The van der Waals surface area contributed by atoms with E-state index in [2.05, 4.69) is 6.92 Å². The van der Waals surface area contributed by atoms with E-state index in [1.807, 2.05) is 6.92 Å². The smallest absolute Gasteiger partial charge is 0.305 e. The monoisotopic (exact) mass is 214 g/mol. The minimum atomic E-state index is -0.162. The van der Waals surface area contributed by atoms with Crippen molar-refractivity contribution in [1.29, 1.82) is 0 Å². The molecule has 0 aliphatic heterocycles. The van der Waals surface area contributed by atoms with Crippen molar-refractivity contribution in [3.8, 4) is 0 Å². The summed E-state index contributed by atoms with van der Waals surface area (Å²) in [7, 11) is 0. The maximum Gasteiger partial charge on any atom is 0.305 e. The zero-order chi connectivity index (χ0) is 11.7. The lowest BCUT2D eigenvalue weighted by atomic mass is 9.88. The van der Waals surface area contributed by atoms with Gasteiger partial charge in [-0.05, 0) is 25.7 Å². The molecule has 0 aromatic rings. The van der Waals surface area contributed by atoms with Crippen LogP contribution in [0.1, 0.15) is 46.5 Å². The lowest BCUT2D eigenvalue weighted by Gasteiger charge is -2.17. The summed E-state index contributed by atoms with van der Waals surface area (Å²) in [4.78, 5) is 21.9. The minimum absolute atomic E-state index is 0.0874. The van der Waals surface area contributed by atoms with Gasteiger partial charge in [-0.15, -0.1) is 0 Å². The van der Waals surface area contributed by atoms with E-state index in [0.29, 0.717) is 13.0 Å². The largest absolute Gasteiger partial charge is 0.466 e. The molecule has 0 saturated carbocycles. The van der Waals surface area contributed by atoms with Crippen LogP contribution in [0, 0.1) is 11.8 Å². The third-order valence-electron chi connectivity index (χ3n) is 2.64. The summed E-state index contributed by atoms with van der Waals surface area (Å²) in [6.07, 6.45) is 4.09. The SMILES string of the molecule is CCCC(C=O)[C@@H](C)CCC(=O)OCC. The number of hydrogen-bond acceptors (Lipinski definition) is 3. The lowest BCUT2D eigenvalue weighted by molar-refractivity contribution is -0.143. The Morgan fingerprint density at radius 2 is 2.00 bits per heavy atom. The maximum absolute atomic E-state index is 11.1. The van der Waals surface area contributed by atoms with E-state index in [1.165, 1.54) is 0 Å². The summed E-state index contributed by atoms with van der Waals surface area (Å²) in [6.45, 7) is 6.31. The molecule has 0 aromatic heterocycles. The first-order valence-electron chi connectivity index (χ1n) is 5.76. The van der Waals surface area contributed by atoms with E-state index in [-0.39, 0.29) is 17.8 Å². The van der Waals surface area contributed by atoms with E-state index in [9.17, 15) is 9.59 Å². The standard InChI is InChI=1S/C12H22O3/c1-4-6-11(9-13)10(3)7-8-12(14)15-5-2/h9-11H,4-8H2,1-3H3/t10-,11?/m0/s1. The Bertz CT molecular complexity index is 189. The van der Waals surface area contributed by atoms with Crippen molar-refractivity contribution in [3.05, 3.63) is 0 Å². The third kappa shape index (κ3) is 6.26. The Morgan fingerprint density at radius 3 is 2.47 bits per heavy atom. The normalized spacial score (nSPS) is 14.3. The van der Waals surface area contributed by atoms with Gasteiger partial charge in [0.2, 0.25) is 0 Å². The second kappa shape index (κ2) is 8.45. The molecule has 0 saturated heterocycles. The number of carbonyl (C=O) groups excluding carboxylic acids is 2. The predicted octanol–water partition coefficient (Wildman–Crippen LogP) is 2.58. The first-order chi connectivity index (χ1) is 7.15. The van der Waals surface area contributed by atoms with Crippen LogP contribution in [0.25, 0.3) is 0 Å². The van der Waals surface area contributed by atoms with Crippen molar-refractivity contribution in [1.82, 2.24) is 0 Å². The molecule has 0 N–H and O–H groups in total. The van der Waals surface area contributed by atoms with Crippen molar-refractivity contribution >= 4 is 12.3 Å². The summed E-state index contributed by atoms with van der Waals surface area (Å²) in [5.74, 6) is 0.196. The predicted molar refractivity (Wildman–Crippen MR) is 59.5 cm³/mol. The topological polar surface area (TPSA) is 43.4 Å². The van der Waals surface area contributed by atoms with Gasteiger partial charge >= 0.3 is 5.97 Å². The van der Waals surface area contributed by atoms with Gasteiger partial charge in [0, 0.05) is 12.3 Å². The van der Waals surface area contributed by atoms with Gasteiger partial charge in [-0.1, -0.05) is 20.3 Å². The summed E-state index contributed by atoms with van der Waals surface area (Å²) in [5.41, 5.74) is 0. The molecule has 0 spiro atoms. The zero-order valence-corrected chi connectivity index (χ0v) is 9.99. The minimum Gasteiger partial charge on any atom is -0.466 e. The van der Waals surface area contributed by atoms with Crippen molar-refractivity contribution in [2.24, 2.45) is 11.8 Å². The van der Waals surface area contributed by atoms with Crippen molar-refractivity contribution in [2.45, 2.75) is 46.5 Å². The fourth-order valence-corrected chi connectivity index (χ4v) is 1.61. The molecule has 0 aliphatic rings. The highest BCUT2D eigenvalue weighted by atomic mass is 16.5. The maximum atomic E-state index is 11.1. The van der Waals surface area contributed by atoms with Crippen LogP contribution in [-0.2, 0) is 14.3 Å². The lowest BCUT2D eigenvalue weighted by Crippen LogP contribution is -2.15. The molecule has 3 heteroatoms. The number of rotatable bonds is 8. The third-order valence-corrected chi connectivity index (χ3v) is 2.64. The van der Waals surface area contributed by atoms with Crippen LogP contribution in [0.2, 0.25) is 0 Å². The molecule has 3 nitrogen and oxygen atoms in total. The zero-order valence-electron chi connectivity index (χ0n) is 9.99. The van der Waals surface area contributed by atoms with Crippen molar-refractivity contribution in [3.63, 3.8) is 0 Å². The molecular formula is C12H22O3. The number of ether oxygens (including phenoxy) is 1. The highest BCUT2D eigenvalue weighted by Crippen LogP contribution is 2.20. The van der Waals surface area contributed by atoms with Gasteiger partial charge in [0.15, 0.2) is 0 Å². The van der Waals surface area contributed by atoms with Gasteiger partial charge in [-0.2, -0.15) is 0 Å². The Balaban J connectivity index is 3.84. The van der Waals surface area contributed by atoms with Gasteiger partial charge in [0.25, 0.3) is 0 Å². The number of carbonyl (C=O) groups is 2. The van der Waals surface area contributed by atoms with E-state index in [0.717, 1.165) is 25.5 Å². The highest BCUT2D eigenvalue weighted by Gasteiger charge is 2.16. The highest BCUT2D eigenvalue weighted by molar-refractivity contribution is 5.69. The second-order valence-corrected chi connectivity index (χ2v) is 3.91. The molecule has 0 rings (SSSR count). The van der Waals surface area contributed by atoms with Crippen LogP contribution in [0.15, 0.2) is 0 Å². The van der Waals surface area contributed by atoms with Gasteiger partial charge in [0.05, 0.1) is 6.61 Å². The Labute approximate surface area is 92.2 Å². The van der Waals surface area contributed by atoms with Crippen molar-refractivity contribution < 1.29 is 14.3 Å². The molecular weight excluding hydrogens is 192 g/mol. The summed E-state index contributed by atoms with van der Waals surface area (Å²) in [6, 6.07) is 0. The molecule has 0 amide bonds. The summed E-state index contributed by atoms with van der Waals surface area (Å²) < 4.78 is 4.84. The van der Waals surface area contributed by atoms with Crippen LogP contribution in [0.3, 0.4) is 0 Å².